The lowest BCUT2D eigenvalue weighted by atomic mass is 9.92. The lowest BCUT2D eigenvalue weighted by Gasteiger charge is -2.37. The molecule has 1 aromatic rings. The van der Waals surface area contributed by atoms with E-state index in [1.165, 1.54) is 12.8 Å². The summed E-state index contributed by atoms with van der Waals surface area (Å²) in [6.45, 7) is 9.14. The van der Waals surface area contributed by atoms with Crippen LogP contribution in [-0.4, -0.2) is 41.5 Å². The maximum atomic E-state index is 11.6. The molecule has 1 aromatic heterocycles. The Morgan fingerprint density at radius 2 is 2.32 bits per heavy atom. The predicted octanol–water partition coefficient (Wildman–Crippen LogP) is 2.50. The second-order valence-corrected chi connectivity index (χ2v) is 6.71. The highest BCUT2D eigenvalue weighted by atomic mass is 35.5. The lowest BCUT2D eigenvalue weighted by molar-refractivity contribution is -0.116. The SMILES string of the molecule is CCN(C(C)=O)c1nc(CN2CCC(C)CC2CN)cs1.Cl. The first-order valence-electron chi connectivity index (χ1n) is 7.71. The van der Waals surface area contributed by atoms with E-state index in [1.54, 1.807) is 23.2 Å². The molecule has 0 bridgehead atoms. The molecule has 2 heterocycles. The molecule has 7 heteroatoms. The van der Waals surface area contributed by atoms with Gasteiger partial charge in [0.2, 0.25) is 5.91 Å². The van der Waals surface area contributed by atoms with Crippen LogP contribution in [0.4, 0.5) is 5.13 Å². The zero-order valence-corrected chi connectivity index (χ0v) is 15.3. The minimum atomic E-state index is 0. The molecule has 0 saturated carbocycles. The third kappa shape index (κ3) is 4.65. The second-order valence-electron chi connectivity index (χ2n) is 5.87. The number of nitrogens with zero attached hydrogens (tertiary/aromatic N) is 3. The molecular formula is C15H27ClN4OS. The highest BCUT2D eigenvalue weighted by Crippen LogP contribution is 2.26. The maximum Gasteiger partial charge on any atom is 0.225 e. The van der Waals surface area contributed by atoms with Crippen molar-refractivity contribution < 1.29 is 4.79 Å². The Balaban J connectivity index is 0.00000242. The summed E-state index contributed by atoms with van der Waals surface area (Å²) in [6.07, 6.45) is 2.39. The average molecular weight is 347 g/mol. The van der Waals surface area contributed by atoms with Gasteiger partial charge in [-0.05, 0) is 32.2 Å². The number of nitrogens with two attached hydrogens (primary N) is 1. The Kier molecular flexibility index (Phi) is 7.76. The first kappa shape index (κ1) is 19.4. The molecule has 0 radical (unpaired) electrons. The molecule has 1 fully saturated rings. The van der Waals surface area contributed by atoms with Gasteiger partial charge in [-0.1, -0.05) is 6.92 Å². The summed E-state index contributed by atoms with van der Waals surface area (Å²) in [5.41, 5.74) is 6.96. The van der Waals surface area contributed by atoms with E-state index in [4.69, 9.17) is 5.73 Å². The number of halogens is 1. The molecule has 1 amide bonds. The van der Waals surface area contributed by atoms with Gasteiger partial charge in [0.25, 0.3) is 0 Å². The fourth-order valence-corrected chi connectivity index (χ4v) is 3.87. The monoisotopic (exact) mass is 346 g/mol. The maximum absolute atomic E-state index is 11.6. The van der Waals surface area contributed by atoms with Crippen LogP contribution >= 0.6 is 23.7 Å². The molecule has 22 heavy (non-hydrogen) atoms. The van der Waals surface area contributed by atoms with Crippen molar-refractivity contribution in [3.8, 4) is 0 Å². The van der Waals surface area contributed by atoms with Crippen molar-refractivity contribution in [3.63, 3.8) is 0 Å². The van der Waals surface area contributed by atoms with Gasteiger partial charge in [0.1, 0.15) is 0 Å². The number of aromatic nitrogens is 1. The van der Waals surface area contributed by atoms with Gasteiger partial charge in [-0.25, -0.2) is 4.98 Å². The smallest absolute Gasteiger partial charge is 0.225 e. The van der Waals surface area contributed by atoms with Crippen LogP contribution in [-0.2, 0) is 11.3 Å². The van der Waals surface area contributed by atoms with Gasteiger partial charge in [0.05, 0.1) is 5.69 Å². The molecule has 0 spiro atoms. The molecule has 126 valence electrons. The molecule has 1 aliphatic heterocycles. The largest absolute Gasteiger partial charge is 0.329 e. The normalized spacial score (nSPS) is 22.2. The standard InChI is InChI=1S/C15H26N4OS.ClH/c1-4-19(12(3)20)15-17-13(10-21-15)9-18-6-5-11(2)7-14(18)8-16;/h10-11,14H,4-9,16H2,1-3H3;1H. The van der Waals surface area contributed by atoms with Crippen molar-refractivity contribution in [3.05, 3.63) is 11.1 Å². The first-order chi connectivity index (χ1) is 10.0. The van der Waals surface area contributed by atoms with Crippen molar-refractivity contribution in [2.45, 2.75) is 46.2 Å². The zero-order valence-electron chi connectivity index (χ0n) is 13.6. The third-order valence-corrected chi connectivity index (χ3v) is 5.12. The second kappa shape index (κ2) is 8.82. The molecule has 2 unspecified atom stereocenters. The van der Waals surface area contributed by atoms with E-state index in [9.17, 15) is 4.79 Å². The van der Waals surface area contributed by atoms with Gasteiger partial charge in [-0.3, -0.25) is 14.6 Å². The molecule has 2 N–H and O–H groups in total. The number of hydrogen-bond acceptors (Lipinski definition) is 5. The van der Waals surface area contributed by atoms with E-state index in [0.717, 1.165) is 29.8 Å². The summed E-state index contributed by atoms with van der Waals surface area (Å²) < 4.78 is 0. The topological polar surface area (TPSA) is 62.5 Å². The lowest BCUT2D eigenvalue weighted by Crippen LogP contribution is -2.45. The van der Waals surface area contributed by atoms with Crippen LogP contribution in [0, 0.1) is 5.92 Å². The van der Waals surface area contributed by atoms with Gasteiger partial charge in [-0.2, -0.15) is 0 Å². The van der Waals surface area contributed by atoms with Crippen LogP contribution in [0.5, 0.6) is 0 Å². The third-order valence-electron chi connectivity index (χ3n) is 4.20. The summed E-state index contributed by atoms with van der Waals surface area (Å²) in [4.78, 5) is 20.3. The highest BCUT2D eigenvalue weighted by Gasteiger charge is 2.26. The number of hydrogen-bond donors (Lipinski definition) is 1. The number of carbonyl (C=O) groups excluding carboxylic acids is 1. The zero-order chi connectivity index (χ0) is 15.4. The molecular weight excluding hydrogens is 320 g/mol. The summed E-state index contributed by atoms with van der Waals surface area (Å²) >= 11 is 1.54. The average Bonchev–Trinajstić information content (AvgIpc) is 2.89. The van der Waals surface area contributed by atoms with Crippen molar-refractivity contribution >= 4 is 34.8 Å². The Bertz CT molecular complexity index is 482. The van der Waals surface area contributed by atoms with Crippen LogP contribution in [0.25, 0.3) is 0 Å². The molecule has 1 aliphatic rings. The Hall–Kier alpha value is -0.690. The van der Waals surface area contributed by atoms with E-state index in [-0.39, 0.29) is 18.3 Å². The van der Waals surface area contributed by atoms with Crippen LogP contribution in [0.1, 0.15) is 39.3 Å². The Labute approximate surface area is 143 Å². The minimum absolute atomic E-state index is 0. The molecule has 2 atom stereocenters. The van der Waals surface area contributed by atoms with Crippen LogP contribution in [0.3, 0.4) is 0 Å². The fourth-order valence-electron chi connectivity index (χ4n) is 2.95. The summed E-state index contributed by atoms with van der Waals surface area (Å²) in [6, 6.07) is 0.453. The molecule has 0 aliphatic carbocycles. The van der Waals surface area contributed by atoms with E-state index in [1.807, 2.05) is 6.92 Å². The van der Waals surface area contributed by atoms with Gasteiger partial charge < -0.3 is 5.73 Å². The van der Waals surface area contributed by atoms with Crippen molar-refractivity contribution in [1.29, 1.82) is 0 Å². The fraction of sp³-hybridized carbons (Fsp3) is 0.733. The van der Waals surface area contributed by atoms with Crippen molar-refractivity contribution in [2.24, 2.45) is 11.7 Å². The van der Waals surface area contributed by atoms with Crippen LogP contribution in [0.15, 0.2) is 5.38 Å². The minimum Gasteiger partial charge on any atom is -0.329 e. The number of anilines is 1. The predicted molar refractivity (Wildman–Crippen MR) is 94.7 cm³/mol. The van der Waals surface area contributed by atoms with E-state index >= 15 is 0 Å². The number of likely N-dealkylation sites (tertiary alicyclic amines) is 1. The van der Waals surface area contributed by atoms with Gasteiger partial charge in [0, 0.05) is 38.0 Å². The van der Waals surface area contributed by atoms with Gasteiger partial charge in [0.15, 0.2) is 5.13 Å². The summed E-state index contributed by atoms with van der Waals surface area (Å²) in [7, 11) is 0. The number of thiazole rings is 1. The quantitative estimate of drug-likeness (QED) is 0.889. The highest BCUT2D eigenvalue weighted by molar-refractivity contribution is 7.14. The Morgan fingerprint density at radius 3 is 2.91 bits per heavy atom. The molecule has 0 aromatic carbocycles. The number of rotatable bonds is 5. The summed E-state index contributed by atoms with van der Waals surface area (Å²) in [5, 5.41) is 2.86. The van der Waals surface area contributed by atoms with E-state index < -0.39 is 0 Å². The summed E-state index contributed by atoms with van der Waals surface area (Å²) in [5.74, 6) is 0.805. The van der Waals surface area contributed by atoms with Gasteiger partial charge >= 0.3 is 0 Å². The molecule has 5 nitrogen and oxygen atoms in total. The molecule has 2 rings (SSSR count). The number of amides is 1. The van der Waals surface area contributed by atoms with E-state index in [2.05, 4.69) is 22.2 Å². The number of carbonyl (C=O) groups is 1. The van der Waals surface area contributed by atoms with Crippen LogP contribution in [0.2, 0.25) is 0 Å². The van der Waals surface area contributed by atoms with Crippen molar-refractivity contribution in [1.82, 2.24) is 9.88 Å². The first-order valence-corrected chi connectivity index (χ1v) is 8.59. The molecule has 1 saturated heterocycles. The van der Waals surface area contributed by atoms with Crippen LogP contribution < -0.4 is 10.6 Å². The number of piperidine rings is 1. The van der Waals surface area contributed by atoms with E-state index in [0.29, 0.717) is 19.1 Å². The van der Waals surface area contributed by atoms with Gasteiger partial charge in [-0.15, -0.1) is 23.7 Å². The Morgan fingerprint density at radius 1 is 1.59 bits per heavy atom. The van der Waals surface area contributed by atoms with Crippen molar-refractivity contribution in [2.75, 3.05) is 24.5 Å².